The van der Waals surface area contributed by atoms with E-state index in [1.165, 1.54) is 16.4 Å². The highest BCUT2D eigenvalue weighted by molar-refractivity contribution is 5.77. The van der Waals surface area contributed by atoms with E-state index in [1.807, 2.05) is 0 Å². The van der Waals surface area contributed by atoms with Crippen molar-refractivity contribution in [2.24, 2.45) is 0 Å². The Hall–Kier alpha value is -2.81. The Morgan fingerprint density at radius 1 is 1.18 bits per heavy atom. The largest absolute Gasteiger partial charge is 0.483 e. The van der Waals surface area contributed by atoms with E-state index in [-0.39, 0.29) is 0 Å². The molecule has 0 radical (unpaired) electrons. The Morgan fingerprint density at radius 2 is 1.94 bits per heavy atom. The van der Waals surface area contributed by atoms with Crippen LogP contribution in [0.25, 0.3) is 17.8 Å². The molecule has 33 heavy (non-hydrogen) atoms. The number of fused-ring (bicyclic) bond motifs is 4. The fourth-order valence-corrected chi connectivity index (χ4v) is 5.39. The fraction of sp³-hybridized carbons (Fsp3) is 0.433. The zero-order chi connectivity index (χ0) is 23.8. The predicted molar refractivity (Wildman–Crippen MR) is 139 cm³/mol. The van der Waals surface area contributed by atoms with E-state index in [1.54, 1.807) is 0 Å². The predicted octanol–water partition coefficient (Wildman–Crippen LogP) is 6.27. The molecule has 0 saturated heterocycles. The molecule has 1 aromatic rings. The van der Waals surface area contributed by atoms with Gasteiger partial charge in [0.25, 0.3) is 0 Å². The Balaban J connectivity index is 1.87. The van der Waals surface area contributed by atoms with Gasteiger partial charge in [-0.1, -0.05) is 59.1 Å². The van der Waals surface area contributed by atoms with Crippen molar-refractivity contribution in [3.8, 4) is 0 Å². The van der Waals surface area contributed by atoms with E-state index in [2.05, 4.69) is 76.6 Å². The molecule has 3 heterocycles. The topological polar surface area (TPSA) is 25.4 Å². The van der Waals surface area contributed by atoms with E-state index in [4.69, 9.17) is 9.72 Å². The van der Waals surface area contributed by atoms with Crippen molar-refractivity contribution in [3.05, 3.63) is 81.9 Å². The zero-order valence-corrected chi connectivity index (χ0v) is 20.9. The van der Waals surface area contributed by atoms with Crippen molar-refractivity contribution in [1.82, 2.24) is 9.88 Å². The molecular weight excluding hydrogens is 404 g/mol. The lowest BCUT2D eigenvalue weighted by atomic mass is 9.78. The third kappa shape index (κ3) is 3.92. The third-order valence-corrected chi connectivity index (χ3v) is 7.28. The van der Waals surface area contributed by atoms with Gasteiger partial charge in [-0.3, -0.25) is 0 Å². The molecule has 0 fully saturated rings. The lowest BCUT2D eigenvalue weighted by Gasteiger charge is -2.41. The van der Waals surface area contributed by atoms with Gasteiger partial charge in [-0.05, 0) is 67.5 Å². The summed E-state index contributed by atoms with van der Waals surface area (Å²) in [5.74, 6) is 0.834. The fourth-order valence-electron chi connectivity index (χ4n) is 5.39. The van der Waals surface area contributed by atoms with Crippen LogP contribution in [0.4, 0.5) is 0 Å². The van der Waals surface area contributed by atoms with Crippen molar-refractivity contribution < 1.29 is 4.74 Å². The standard InChI is InChI=1S/C30H38N2O/c1-8-11-14-21(6)33-30(10-3,20(4)5)26-18-28-29-24(19-32(28)22(7)25(26)9-2)17-23-15-12-13-16-27(23)31-29/h15-18H,4,6-14,19H2,1-3,5H3. The first kappa shape index (κ1) is 23.4. The summed E-state index contributed by atoms with van der Waals surface area (Å²) >= 11 is 0. The smallest absolute Gasteiger partial charge is 0.154 e. The van der Waals surface area contributed by atoms with Crippen LogP contribution in [0.15, 0.2) is 60.1 Å². The molecule has 0 aromatic carbocycles. The summed E-state index contributed by atoms with van der Waals surface area (Å²) in [6.45, 7) is 22.7. The van der Waals surface area contributed by atoms with Crippen molar-refractivity contribution in [2.75, 3.05) is 0 Å². The molecule has 1 aromatic heterocycles. The minimum Gasteiger partial charge on any atom is -0.483 e. The van der Waals surface area contributed by atoms with E-state index in [0.29, 0.717) is 0 Å². The van der Waals surface area contributed by atoms with Crippen LogP contribution < -0.4 is 10.6 Å². The molecule has 0 bridgehead atoms. The van der Waals surface area contributed by atoms with Crippen LogP contribution in [-0.2, 0) is 11.3 Å². The first-order valence-corrected chi connectivity index (χ1v) is 12.5. The number of ether oxygens (including phenoxy) is 1. The molecule has 4 rings (SSSR count). The summed E-state index contributed by atoms with van der Waals surface area (Å²) in [4.78, 5) is 7.44. The summed E-state index contributed by atoms with van der Waals surface area (Å²) in [6, 6.07) is 2.32. The first-order valence-electron chi connectivity index (χ1n) is 12.5. The highest BCUT2D eigenvalue weighted by atomic mass is 16.5. The van der Waals surface area contributed by atoms with Crippen LogP contribution in [-0.4, -0.2) is 15.5 Å². The van der Waals surface area contributed by atoms with Gasteiger partial charge in [0.1, 0.15) is 0 Å². The Kier molecular flexibility index (Phi) is 6.52. The lowest BCUT2D eigenvalue weighted by Crippen LogP contribution is -2.38. The summed E-state index contributed by atoms with van der Waals surface area (Å²) < 4.78 is 6.71. The van der Waals surface area contributed by atoms with Crippen LogP contribution in [0.2, 0.25) is 0 Å². The SMILES string of the molecule is C=C(CCCC)OC(CC)(C(=C)C)C1=C(CC)C(=C)N2Cc3cc4c(nc3C2=C1)=CCCC=4. The van der Waals surface area contributed by atoms with Gasteiger partial charge in [0.2, 0.25) is 0 Å². The monoisotopic (exact) mass is 442 g/mol. The maximum atomic E-state index is 6.71. The van der Waals surface area contributed by atoms with Crippen LogP contribution in [0.5, 0.6) is 0 Å². The van der Waals surface area contributed by atoms with Crippen molar-refractivity contribution in [3.63, 3.8) is 0 Å². The van der Waals surface area contributed by atoms with Crippen molar-refractivity contribution in [1.29, 1.82) is 0 Å². The normalized spacial score (nSPS) is 18.4. The van der Waals surface area contributed by atoms with Crippen molar-refractivity contribution in [2.45, 2.75) is 84.8 Å². The number of unbranched alkanes of at least 4 members (excludes halogenated alkanes) is 1. The van der Waals surface area contributed by atoms with Gasteiger partial charge in [-0.2, -0.15) is 0 Å². The Labute approximate surface area is 199 Å². The quantitative estimate of drug-likeness (QED) is 0.333. The van der Waals surface area contributed by atoms with Gasteiger partial charge in [0.15, 0.2) is 5.60 Å². The number of rotatable bonds is 9. The second kappa shape index (κ2) is 9.21. The van der Waals surface area contributed by atoms with Gasteiger partial charge in [-0.25, -0.2) is 4.98 Å². The molecule has 2 aliphatic heterocycles. The Bertz CT molecular complexity index is 1200. The summed E-state index contributed by atoms with van der Waals surface area (Å²) in [5, 5.41) is 2.36. The molecule has 1 atom stereocenters. The lowest BCUT2D eigenvalue weighted by molar-refractivity contribution is 0.0597. The van der Waals surface area contributed by atoms with Gasteiger partial charge in [0.05, 0.1) is 29.0 Å². The van der Waals surface area contributed by atoms with Crippen LogP contribution in [0, 0.1) is 0 Å². The molecule has 174 valence electrons. The number of hydrogen-bond donors (Lipinski definition) is 0. The molecule has 3 aliphatic rings. The van der Waals surface area contributed by atoms with Gasteiger partial charge >= 0.3 is 0 Å². The van der Waals surface area contributed by atoms with E-state index in [9.17, 15) is 0 Å². The molecule has 1 unspecified atom stereocenters. The Morgan fingerprint density at radius 3 is 2.61 bits per heavy atom. The molecule has 0 spiro atoms. The average Bonchev–Trinajstić information content (AvgIpc) is 3.17. The van der Waals surface area contributed by atoms with Crippen LogP contribution in [0.1, 0.15) is 83.9 Å². The summed E-state index contributed by atoms with van der Waals surface area (Å²) in [7, 11) is 0. The number of nitrogens with zero attached hydrogens (tertiary/aromatic N) is 2. The minimum absolute atomic E-state index is 0.616. The maximum absolute atomic E-state index is 6.71. The molecule has 1 aliphatic carbocycles. The van der Waals surface area contributed by atoms with E-state index < -0.39 is 5.60 Å². The highest BCUT2D eigenvalue weighted by Gasteiger charge is 2.42. The van der Waals surface area contributed by atoms with E-state index >= 15 is 0 Å². The molecular formula is C30H38N2O. The maximum Gasteiger partial charge on any atom is 0.154 e. The van der Waals surface area contributed by atoms with Gasteiger partial charge < -0.3 is 9.64 Å². The highest BCUT2D eigenvalue weighted by Crippen LogP contribution is 2.47. The van der Waals surface area contributed by atoms with Crippen molar-refractivity contribution >= 4 is 17.8 Å². The number of aromatic nitrogens is 1. The molecule has 3 heteroatoms. The van der Waals surface area contributed by atoms with Crippen LogP contribution in [0.3, 0.4) is 0 Å². The van der Waals surface area contributed by atoms with E-state index in [0.717, 1.165) is 90.8 Å². The van der Waals surface area contributed by atoms with Gasteiger partial charge in [0, 0.05) is 23.3 Å². The second-order valence-corrected chi connectivity index (χ2v) is 9.47. The minimum atomic E-state index is -0.616. The zero-order valence-electron chi connectivity index (χ0n) is 20.9. The first-order chi connectivity index (χ1) is 15.9. The summed E-state index contributed by atoms with van der Waals surface area (Å²) in [6.07, 6.45) is 13.8. The molecule has 0 N–H and O–H groups in total. The van der Waals surface area contributed by atoms with Gasteiger partial charge in [-0.15, -0.1) is 0 Å². The number of pyridine rings is 1. The molecule has 0 amide bonds. The van der Waals surface area contributed by atoms with Crippen LogP contribution >= 0.6 is 0 Å². The second-order valence-electron chi connectivity index (χ2n) is 9.47. The number of hydrogen-bond acceptors (Lipinski definition) is 3. The molecule has 0 saturated carbocycles. The molecule has 3 nitrogen and oxygen atoms in total. The third-order valence-electron chi connectivity index (χ3n) is 7.28. The number of allylic oxidation sites excluding steroid dienone is 2. The average molecular weight is 443 g/mol. The summed E-state index contributed by atoms with van der Waals surface area (Å²) in [5.41, 5.74) is 7.32.